The van der Waals surface area contributed by atoms with Crippen LogP contribution < -0.4 is 4.74 Å². The first-order valence-corrected chi connectivity index (χ1v) is 8.36. The molecule has 5 nitrogen and oxygen atoms in total. The number of hydrogen-bond acceptors (Lipinski definition) is 5. The molecule has 0 amide bonds. The predicted octanol–water partition coefficient (Wildman–Crippen LogP) is 3.67. The Morgan fingerprint density at radius 3 is 1.76 bits per heavy atom. The smallest absolute Gasteiger partial charge is 0.321 e. The Labute approximate surface area is 146 Å². The number of hydrogen-bond donors (Lipinski definition) is 0. The summed E-state index contributed by atoms with van der Waals surface area (Å²) in [6, 6.07) is 14.8. The summed E-state index contributed by atoms with van der Waals surface area (Å²) in [5.41, 5.74) is 1.54. The molecule has 1 aliphatic heterocycles. The van der Waals surface area contributed by atoms with E-state index in [9.17, 15) is 9.59 Å². The number of rotatable bonds is 5. The second kappa shape index (κ2) is 7.38. The highest BCUT2D eigenvalue weighted by molar-refractivity contribution is 5.97. The van der Waals surface area contributed by atoms with Gasteiger partial charge < -0.3 is 14.2 Å². The fourth-order valence-electron chi connectivity index (χ4n) is 3.14. The molecule has 0 fully saturated rings. The zero-order valence-corrected chi connectivity index (χ0v) is 14.2. The van der Waals surface area contributed by atoms with E-state index in [2.05, 4.69) is 0 Å². The van der Waals surface area contributed by atoms with E-state index < -0.39 is 23.8 Å². The third-order valence-electron chi connectivity index (χ3n) is 4.14. The largest absolute Gasteiger partial charge is 0.465 e. The average molecular weight is 340 g/mol. The van der Waals surface area contributed by atoms with Crippen molar-refractivity contribution in [3.63, 3.8) is 0 Å². The van der Waals surface area contributed by atoms with Gasteiger partial charge in [0.05, 0.1) is 13.2 Å². The molecule has 2 aromatic rings. The van der Waals surface area contributed by atoms with E-state index >= 15 is 0 Å². The molecule has 0 bridgehead atoms. The van der Waals surface area contributed by atoms with Crippen molar-refractivity contribution in [1.29, 1.82) is 0 Å². The lowest BCUT2D eigenvalue weighted by Gasteiger charge is -2.31. The highest BCUT2D eigenvalue weighted by Crippen LogP contribution is 2.47. The van der Waals surface area contributed by atoms with Gasteiger partial charge in [-0.25, -0.2) is 0 Å². The lowest BCUT2D eigenvalue weighted by molar-refractivity contribution is -0.162. The Bertz CT molecular complexity index is 720. The van der Waals surface area contributed by atoms with E-state index in [4.69, 9.17) is 14.2 Å². The van der Waals surface area contributed by atoms with Crippen molar-refractivity contribution in [2.75, 3.05) is 13.2 Å². The molecule has 3 rings (SSSR count). The molecule has 130 valence electrons. The van der Waals surface area contributed by atoms with Crippen LogP contribution in [0.2, 0.25) is 0 Å². The summed E-state index contributed by atoms with van der Waals surface area (Å²) in [5.74, 6) is -1.50. The summed E-state index contributed by atoms with van der Waals surface area (Å²) in [7, 11) is 0. The van der Waals surface area contributed by atoms with Crippen LogP contribution >= 0.6 is 0 Å². The van der Waals surface area contributed by atoms with Crippen molar-refractivity contribution in [1.82, 2.24) is 0 Å². The maximum atomic E-state index is 12.6. The SMILES string of the molecule is CCOC(=O)C(C(=O)OCC)C1c2ccccc2Oc2ccccc21. The highest BCUT2D eigenvalue weighted by Gasteiger charge is 2.43. The van der Waals surface area contributed by atoms with E-state index in [0.717, 1.165) is 11.1 Å². The molecule has 0 N–H and O–H groups in total. The highest BCUT2D eigenvalue weighted by atomic mass is 16.6. The van der Waals surface area contributed by atoms with Crippen LogP contribution in [0.3, 0.4) is 0 Å². The van der Waals surface area contributed by atoms with Crippen LogP contribution in [0.4, 0.5) is 0 Å². The van der Waals surface area contributed by atoms with Gasteiger partial charge in [0.15, 0.2) is 5.92 Å². The monoisotopic (exact) mass is 340 g/mol. The molecule has 0 spiro atoms. The molecule has 0 aromatic heterocycles. The third-order valence-corrected chi connectivity index (χ3v) is 4.14. The molecule has 0 atom stereocenters. The third kappa shape index (κ3) is 3.22. The van der Waals surface area contributed by atoms with Gasteiger partial charge in [0.1, 0.15) is 11.5 Å². The van der Waals surface area contributed by atoms with Gasteiger partial charge in [0, 0.05) is 17.0 Å². The summed E-state index contributed by atoms with van der Waals surface area (Å²) >= 11 is 0. The average Bonchev–Trinajstić information content (AvgIpc) is 2.62. The van der Waals surface area contributed by atoms with Gasteiger partial charge in [0.2, 0.25) is 0 Å². The maximum absolute atomic E-state index is 12.6. The van der Waals surface area contributed by atoms with Gasteiger partial charge in [0.25, 0.3) is 0 Å². The van der Waals surface area contributed by atoms with Crippen LogP contribution in [0.5, 0.6) is 11.5 Å². The van der Waals surface area contributed by atoms with Crippen molar-refractivity contribution in [2.24, 2.45) is 5.92 Å². The van der Waals surface area contributed by atoms with Gasteiger partial charge in [-0.2, -0.15) is 0 Å². The van der Waals surface area contributed by atoms with Crippen molar-refractivity contribution >= 4 is 11.9 Å². The topological polar surface area (TPSA) is 61.8 Å². The molecule has 25 heavy (non-hydrogen) atoms. The summed E-state index contributed by atoms with van der Waals surface area (Å²) in [4.78, 5) is 25.2. The molecule has 0 radical (unpaired) electrons. The van der Waals surface area contributed by atoms with Crippen LogP contribution in [-0.4, -0.2) is 25.2 Å². The minimum Gasteiger partial charge on any atom is -0.465 e. The van der Waals surface area contributed by atoms with Crippen LogP contribution in [0.15, 0.2) is 48.5 Å². The van der Waals surface area contributed by atoms with Crippen molar-refractivity contribution in [3.05, 3.63) is 59.7 Å². The van der Waals surface area contributed by atoms with Gasteiger partial charge in [-0.3, -0.25) is 9.59 Å². The predicted molar refractivity (Wildman–Crippen MR) is 91.6 cm³/mol. The van der Waals surface area contributed by atoms with Crippen LogP contribution in [0, 0.1) is 5.92 Å². The summed E-state index contributed by atoms with van der Waals surface area (Å²) in [5, 5.41) is 0. The molecule has 5 heteroatoms. The summed E-state index contributed by atoms with van der Waals surface area (Å²) in [6.07, 6.45) is 0. The quantitative estimate of drug-likeness (QED) is 0.614. The Balaban J connectivity index is 2.14. The zero-order valence-electron chi connectivity index (χ0n) is 14.2. The minimum absolute atomic E-state index is 0.196. The normalized spacial score (nSPS) is 12.8. The van der Waals surface area contributed by atoms with Gasteiger partial charge in [-0.15, -0.1) is 0 Å². The number of carbonyl (C=O) groups excluding carboxylic acids is 2. The van der Waals surface area contributed by atoms with Crippen molar-refractivity contribution in [2.45, 2.75) is 19.8 Å². The second-order valence-electron chi connectivity index (χ2n) is 5.64. The van der Waals surface area contributed by atoms with Gasteiger partial charge in [-0.05, 0) is 26.0 Å². The molecule has 1 aliphatic rings. The van der Waals surface area contributed by atoms with E-state index in [0.29, 0.717) is 11.5 Å². The number of carbonyl (C=O) groups is 2. The molecule has 0 aliphatic carbocycles. The first-order chi connectivity index (χ1) is 12.2. The molecule has 1 heterocycles. The van der Waals surface area contributed by atoms with Crippen LogP contribution in [-0.2, 0) is 19.1 Å². The summed E-state index contributed by atoms with van der Waals surface area (Å²) in [6.45, 7) is 3.82. The van der Waals surface area contributed by atoms with Crippen LogP contribution in [0.1, 0.15) is 30.9 Å². The number of fused-ring (bicyclic) bond motifs is 2. The van der Waals surface area contributed by atoms with E-state index in [-0.39, 0.29) is 13.2 Å². The number of esters is 2. The van der Waals surface area contributed by atoms with Crippen LogP contribution in [0.25, 0.3) is 0 Å². The molecular formula is C20H20O5. The Morgan fingerprint density at radius 1 is 0.880 bits per heavy atom. The fourth-order valence-corrected chi connectivity index (χ4v) is 3.14. The first-order valence-electron chi connectivity index (χ1n) is 8.36. The molecule has 0 saturated carbocycles. The Hall–Kier alpha value is -2.82. The Kier molecular flexibility index (Phi) is 5.03. The molecule has 0 unspecified atom stereocenters. The van der Waals surface area contributed by atoms with Gasteiger partial charge >= 0.3 is 11.9 Å². The van der Waals surface area contributed by atoms with E-state index in [1.807, 2.05) is 48.5 Å². The maximum Gasteiger partial charge on any atom is 0.321 e. The molecule has 2 aromatic carbocycles. The van der Waals surface area contributed by atoms with Crippen molar-refractivity contribution in [3.8, 4) is 11.5 Å². The lowest BCUT2D eigenvalue weighted by Crippen LogP contribution is -2.35. The number of para-hydroxylation sites is 2. The van der Waals surface area contributed by atoms with Crippen molar-refractivity contribution < 1.29 is 23.8 Å². The number of benzene rings is 2. The standard InChI is InChI=1S/C20H20O5/c1-3-23-19(21)18(20(22)24-4-2)17-13-9-5-7-11-15(13)25-16-12-8-6-10-14(16)17/h5-12,17-18H,3-4H2,1-2H3. The first kappa shape index (κ1) is 17.0. The summed E-state index contributed by atoms with van der Waals surface area (Å²) < 4.78 is 16.3. The zero-order chi connectivity index (χ0) is 17.8. The lowest BCUT2D eigenvalue weighted by atomic mass is 9.78. The number of ether oxygens (including phenoxy) is 3. The van der Waals surface area contributed by atoms with E-state index in [1.165, 1.54) is 0 Å². The minimum atomic E-state index is -1.08. The van der Waals surface area contributed by atoms with Gasteiger partial charge in [-0.1, -0.05) is 36.4 Å². The van der Waals surface area contributed by atoms with E-state index in [1.54, 1.807) is 13.8 Å². The fraction of sp³-hybridized carbons (Fsp3) is 0.300. The second-order valence-corrected chi connectivity index (χ2v) is 5.64. The Morgan fingerprint density at radius 2 is 1.32 bits per heavy atom. The molecule has 0 saturated heterocycles. The molecular weight excluding hydrogens is 320 g/mol.